The third-order valence-corrected chi connectivity index (χ3v) is 4.75. The molecule has 0 saturated heterocycles. The number of rotatable bonds is 4. The monoisotopic (exact) mass is 393 g/mol. The van der Waals surface area contributed by atoms with Crippen molar-refractivity contribution in [2.75, 3.05) is 5.32 Å². The Labute approximate surface area is 153 Å². The van der Waals surface area contributed by atoms with Crippen LogP contribution < -0.4 is 5.32 Å². The summed E-state index contributed by atoms with van der Waals surface area (Å²) in [4.78, 5) is 8.69. The maximum Gasteiger partial charge on any atom is 0.138 e. The lowest BCUT2D eigenvalue weighted by Crippen LogP contribution is -2.08. The summed E-state index contributed by atoms with van der Waals surface area (Å²) in [6.07, 6.45) is 3.22. The van der Waals surface area contributed by atoms with Crippen LogP contribution in [0.1, 0.15) is 18.5 Å². The predicted octanol–water partition coefficient (Wildman–Crippen LogP) is 4.75. The van der Waals surface area contributed by atoms with Crippen molar-refractivity contribution in [3.63, 3.8) is 0 Å². The Balaban J connectivity index is 1.55. The zero-order chi connectivity index (χ0) is 17.2. The molecule has 0 fully saturated rings. The maximum atomic E-state index is 4.72. The zero-order valence-corrected chi connectivity index (χ0v) is 15.2. The first kappa shape index (κ1) is 15.8. The van der Waals surface area contributed by atoms with E-state index in [4.69, 9.17) is 4.98 Å². The molecule has 1 atom stereocenters. The van der Waals surface area contributed by atoms with Gasteiger partial charge in [0.15, 0.2) is 0 Å². The SMILES string of the molecule is CC(Nc1ccc2cccc(Br)c2n1)c1ccc(-n2cncn2)cc1. The van der Waals surface area contributed by atoms with E-state index in [9.17, 15) is 0 Å². The van der Waals surface area contributed by atoms with Gasteiger partial charge in [0.2, 0.25) is 0 Å². The minimum absolute atomic E-state index is 0.136. The van der Waals surface area contributed by atoms with Crippen molar-refractivity contribution in [1.29, 1.82) is 0 Å². The van der Waals surface area contributed by atoms with Crippen LogP contribution in [0.15, 0.2) is 71.7 Å². The Morgan fingerprint density at radius 2 is 1.88 bits per heavy atom. The van der Waals surface area contributed by atoms with E-state index in [1.165, 1.54) is 11.9 Å². The van der Waals surface area contributed by atoms with Gasteiger partial charge in [0.05, 0.1) is 11.2 Å². The van der Waals surface area contributed by atoms with Gasteiger partial charge < -0.3 is 5.32 Å². The van der Waals surface area contributed by atoms with E-state index >= 15 is 0 Å². The van der Waals surface area contributed by atoms with Crippen molar-refractivity contribution in [2.24, 2.45) is 0 Å². The molecule has 0 aliphatic carbocycles. The van der Waals surface area contributed by atoms with Crippen molar-refractivity contribution >= 4 is 32.7 Å². The van der Waals surface area contributed by atoms with Crippen LogP contribution in [0.25, 0.3) is 16.6 Å². The quantitative estimate of drug-likeness (QED) is 0.543. The number of benzene rings is 2. The number of pyridine rings is 1. The Kier molecular flexibility index (Phi) is 4.19. The van der Waals surface area contributed by atoms with Crippen LogP contribution >= 0.6 is 15.9 Å². The highest BCUT2D eigenvalue weighted by Crippen LogP contribution is 2.25. The Hall–Kier alpha value is -2.73. The van der Waals surface area contributed by atoms with E-state index in [1.807, 2.05) is 30.3 Å². The smallest absolute Gasteiger partial charge is 0.138 e. The molecule has 0 amide bonds. The van der Waals surface area contributed by atoms with Crippen LogP contribution in [0.4, 0.5) is 5.82 Å². The first-order valence-corrected chi connectivity index (χ1v) is 8.77. The van der Waals surface area contributed by atoms with E-state index in [0.29, 0.717) is 0 Å². The van der Waals surface area contributed by atoms with Crippen LogP contribution in [0.2, 0.25) is 0 Å². The third-order valence-electron chi connectivity index (χ3n) is 4.11. The lowest BCUT2D eigenvalue weighted by atomic mass is 10.1. The number of para-hydroxylation sites is 1. The molecule has 2 aromatic heterocycles. The van der Waals surface area contributed by atoms with Crippen LogP contribution in [0.5, 0.6) is 0 Å². The average Bonchev–Trinajstić information content (AvgIpc) is 3.17. The molecular formula is C19H16BrN5. The van der Waals surface area contributed by atoms with Crippen molar-refractivity contribution < 1.29 is 0 Å². The van der Waals surface area contributed by atoms with Crippen LogP contribution in [0, 0.1) is 0 Å². The van der Waals surface area contributed by atoms with Gasteiger partial charge in [-0.25, -0.2) is 14.6 Å². The van der Waals surface area contributed by atoms with Crippen LogP contribution in [-0.2, 0) is 0 Å². The Morgan fingerprint density at radius 3 is 2.64 bits per heavy atom. The largest absolute Gasteiger partial charge is 0.364 e. The molecule has 0 aliphatic heterocycles. The zero-order valence-electron chi connectivity index (χ0n) is 13.6. The number of halogens is 1. The summed E-state index contributed by atoms with van der Waals surface area (Å²) in [5.74, 6) is 0.854. The summed E-state index contributed by atoms with van der Waals surface area (Å²) in [5, 5.41) is 8.72. The van der Waals surface area contributed by atoms with Crippen molar-refractivity contribution in [3.05, 3.63) is 77.3 Å². The van der Waals surface area contributed by atoms with E-state index in [1.54, 1.807) is 11.0 Å². The van der Waals surface area contributed by atoms with Gasteiger partial charge in [0.25, 0.3) is 0 Å². The molecule has 0 saturated carbocycles. The molecule has 6 heteroatoms. The number of anilines is 1. The second-order valence-electron chi connectivity index (χ2n) is 5.81. The summed E-state index contributed by atoms with van der Waals surface area (Å²) >= 11 is 3.57. The highest BCUT2D eigenvalue weighted by Gasteiger charge is 2.08. The van der Waals surface area contributed by atoms with Gasteiger partial charge in [-0.15, -0.1) is 0 Å². The van der Waals surface area contributed by atoms with E-state index in [-0.39, 0.29) is 6.04 Å². The van der Waals surface area contributed by atoms with Crippen LogP contribution in [-0.4, -0.2) is 19.7 Å². The van der Waals surface area contributed by atoms with Crippen molar-refractivity contribution in [1.82, 2.24) is 19.7 Å². The molecule has 25 heavy (non-hydrogen) atoms. The van der Waals surface area contributed by atoms with Crippen molar-refractivity contribution in [2.45, 2.75) is 13.0 Å². The highest BCUT2D eigenvalue weighted by atomic mass is 79.9. The molecular weight excluding hydrogens is 378 g/mol. The molecule has 0 radical (unpaired) electrons. The van der Waals surface area contributed by atoms with Gasteiger partial charge in [0.1, 0.15) is 18.5 Å². The molecule has 124 valence electrons. The molecule has 0 bridgehead atoms. The predicted molar refractivity (Wildman–Crippen MR) is 103 cm³/mol. The molecule has 1 N–H and O–H groups in total. The Morgan fingerprint density at radius 1 is 1.04 bits per heavy atom. The lowest BCUT2D eigenvalue weighted by Gasteiger charge is -2.16. The number of nitrogens with one attached hydrogen (secondary N) is 1. The highest BCUT2D eigenvalue weighted by molar-refractivity contribution is 9.10. The first-order chi connectivity index (χ1) is 12.2. The topological polar surface area (TPSA) is 55.6 Å². The normalized spacial score (nSPS) is 12.2. The molecule has 4 aromatic rings. The molecule has 0 spiro atoms. The molecule has 0 aliphatic rings. The molecule has 2 aromatic carbocycles. The summed E-state index contributed by atoms with van der Waals surface area (Å²) < 4.78 is 2.74. The van der Waals surface area contributed by atoms with E-state index in [0.717, 1.165) is 26.9 Å². The minimum atomic E-state index is 0.136. The van der Waals surface area contributed by atoms with E-state index in [2.05, 4.69) is 62.5 Å². The number of fused-ring (bicyclic) bond motifs is 1. The Bertz CT molecular complexity index is 996. The summed E-state index contributed by atoms with van der Waals surface area (Å²) in [6, 6.07) is 18.5. The summed E-state index contributed by atoms with van der Waals surface area (Å²) in [5.41, 5.74) is 3.13. The van der Waals surface area contributed by atoms with Gasteiger partial charge in [-0.05, 0) is 58.7 Å². The fraction of sp³-hybridized carbons (Fsp3) is 0.105. The molecule has 5 nitrogen and oxygen atoms in total. The minimum Gasteiger partial charge on any atom is -0.364 e. The second kappa shape index (κ2) is 6.64. The van der Waals surface area contributed by atoms with Gasteiger partial charge in [-0.2, -0.15) is 5.10 Å². The fourth-order valence-corrected chi connectivity index (χ4v) is 3.22. The van der Waals surface area contributed by atoms with Gasteiger partial charge in [0, 0.05) is 15.9 Å². The van der Waals surface area contributed by atoms with Gasteiger partial charge in [-0.1, -0.05) is 24.3 Å². The lowest BCUT2D eigenvalue weighted by molar-refractivity contribution is 0.859. The van der Waals surface area contributed by atoms with Crippen LogP contribution in [0.3, 0.4) is 0 Å². The standard InChI is InChI=1S/C19H16BrN5/c1-13(14-5-8-16(9-6-14)25-12-21-11-22-25)23-18-10-7-15-3-2-4-17(20)19(15)24-18/h2-13H,1H3,(H,23,24). The molecule has 4 rings (SSSR count). The molecule has 2 heterocycles. The number of hydrogen-bond acceptors (Lipinski definition) is 4. The summed E-state index contributed by atoms with van der Waals surface area (Å²) in [6.45, 7) is 2.12. The van der Waals surface area contributed by atoms with Gasteiger partial charge >= 0.3 is 0 Å². The average molecular weight is 394 g/mol. The maximum absolute atomic E-state index is 4.72. The third kappa shape index (κ3) is 3.25. The molecule has 1 unspecified atom stereocenters. The number of aromatic nitrogens is 4. The summed E-state index contributed by atoms with van der Waals surface area (Å²) in [7, 11) is 0. The number of hydrogen-bond donors (Lipinski definition) is 1. The number of nitrogens with zero attached hydrogens (tertiary/aromatic N) is 4. The van der Waals surface area contributed by atoms with E-state index < -0.39 is 0 Å². The first-order valence-electron chi connectivity index (χ1n) is 7.97. The second-order valence-corrected chi connectivity index (χ2v) is 6.66. The fourth-order valence-electron chi connectivity index (χ4n) is 2.75. The van der Waals surface area contributed by atoms with Crippen molar-refractivity contribution in [3.8, 4) is 5.69 Å². The van der Waals surface area contributed by atoms with Gasteiger partial charge in [-0.3, -0.25) is 0 Å².